The molecule has 3 atom stereocenters. The van der Waals surface area contributed by atoms with Gasteiger partial charge in [-0.3, -0.25) is 19.7 Å². The summed E-state index contributed by atoms with van der Waals surface area (Å²) in [5, 5.41) is 18.0. The Labute approximate surface area is 196 Å². The van der Waals surface area contributed by atoms with Gasteiger partial charge in [0.1, 0.15) is 12.1 Å². The van der Waals surface area contributed by atoms with Crippen molar-refractivity contribution in [3.05, 3.63) is 71.8 Å². The van der Waals surface area contributed by atoms with Crippen molar-refractivity contribution in [2.24, 2.45) is 5.92 Å². The van der Waals surface area contributed by atoms with Crippen molar-refractivity contribution in [2.75, 3.05) is 0 Å². The number of rotatable bonds is 13. The van der Waals surface area contributed by atoms with E-state index in [1.54, 1.807) is 0 Å². The zero-order valence-electron chi connectivity index (χ0n) is 19.6. The number of aryl methyl sites for hydroxylation is 1. The van der Waals surface area contributed by atoms with Gasteiger partial charge in [0.25, 0.3) is 0 Å². The molecule has 7 heteroatoms. The number of hydrogen-bond acceptors (Lipinski definition) is 4. The number of benzene rings is 2. The van der Waals surface area contributed by atoms with E-state index in [0.717, 1.165) is 11.1 Å². The number of hydrogen-bond donors (Lipinski definition) is 4. The van der Waals surface area contributed by atoms with Gasteiger partial charge in [0.05, 0.1) is 6.04 Å². The Morgan fingerprint density at radius 2 is 1.39 bits per heavy atom. The molecule has 2 amide bonds. The Morgan fingerprint density at radius 3 is 1.94 bits per heavy atom. The van der Waals surface area contributed by atoms with Gasteiger partial charge in [-0.15, -0.1) is 0 Å². The molecule has 0 saturated carbocycles. The zero-order valence-corrected chi connectivity index (χ0v) is 19.6. The minimum atomic E-state index is -1.04. The molecule has 0 unspecified atom stereocenters. The second-order valence-electron chi connectivity index (χ2n) is 8.70. The van der Waals surface area contributed by atoms with E-state index in [0.29, 0.717) is 25.8 Å². The van der Waals surface area contributed by atoms with Crippen LogP contribution in [0.4, 0.5) is 0 Å². The molecule has 2 aromatic rings. The number of nitrogens with one attached hydrogen (secondary N) is 3. The van der Waals surface area contributed by atoms with Crippen molar-refractivity contribution >= 4 is 17.8 Å². The molecule has 0 aliphatic rings. The van der Waals surface area contributed by atoms with Crippen molar-refractivity contribution in [1.82, 2.24) is 16.0 Å². The van der Waals surface area contributed by atoms with Gasteiger partial charge in [0, 0.05) is 6.54 Å². The smallest absolute Gasteiger partial charge is 0.320 e. The summed E-state index contributed by atoms with van der Waals surface area (Å²) in [6, 6.07) is 16.9. The summed E-state index contributed by atoms with van der Waals surface area (Å²) in [6.07, 6.45) is 1.49. The van der Waals surface area contributed by atoms with Gasteiger partial charge in [0.2, 0.25) is 11.8 Å². The maximum absolute atomic E-state index is 13.1. The van der Waals surface area contributed by atoms with Crippen LogP contribution in [0.1, 0.15) is 44.7 Å². The third kappa shape index (κ3) is 9.45. The molecule has 0 saturated heterocycles. The minimum Gasteiger partial charge on any atom is -0.480 e. The summed E-state index contributed by atoms with van der Waals surface area (Å²) in [5.41, 5.74) is 2.03. The monoisotopic (exact) mass is 453 g/mol. The Bertz CT molecular complexity index is 887. The normalized spacial score (nSPS) is 13.7. The van der Waals surface area contributed by atoms with E-state index in [1.165, 1.54) is 6.92 Å². The van der Waals surface area contributed by atoms with Gasteiger partial charge in [-0.05, 0) is 43.2 Å². The number of carbonyl (C=O) groups is 3. The maximum Gasteiger partial charge on any atom is 0.320 e. The Kier molecular flexibility index (Phi) is 10.6. The molecule has 0 aliphatic heterocycles. The highest BCUT2D eigenvalue weighted by Crippen LogP contribution is 2.10. The first kappa shape index (κ1) is 26.1. The Hall–Kier alpha value is -3.19. The van der Waals surface area contributed by atoms with E-state index in [1.807, 2.05) is 74.5 Å². The molecule has 4 N–H and O–H groups in total. The number of amides is 2. The largest absolute Gasteiger partial charge is 0.480 e. The lowest BCUT2D eigenvalue weighted by Crippen LogP contribution is -2.55. The predicted octanol–water partition coefficient (Wildman–Crippen LogP) is 2.90. The van der Waals surface area contributed by atoms with E-state index in [9.17, 15) is 19.5 Å². The lowest BCUT2D eigenvalue weighted by molar-refractivity contribution is -0.139. The summed E-state index contributed by atoms with van der Waals surface area (Å²) in [4.78, 5) is 37.4. The van der Waals surface area contributed by atoms with Crippen molar-refractivity contribution in [2.45, 2.75) is 64.7 Å². The fourth-order valence-electron chi connectivity index (χ4n) is 3.50. The molecule has 178 valence electrons. The first-order valence-electron chi connectivity index (χ1n) is 11.4. The van der Waals surface area contributed by atoms with Crippen molar-refractivity contribution in [3.8, 4) is 0 Å². The second kappa shape index (κ2) is 13.4. The second-order valence-corrected chi connectivity index (χ2v) is 8.70. The number of carbonyl (C=O) groups excluding carboxylic acids is 2. The topological polar surface area (TPSA) is 108 Å². The summed E-state index contributed by atoms with van der Waals surface area (Å²) in [7, 11) is 0. The summed E-state index contributed by atoms with van der Waals surface area (Å²) in [5.74, 6) is -1.48. The van der Waals surface area contributed by atoms with Gasteiger partial charge < -0.3 is 15.7 Å². The molecule has 2 rings (SSSR count). The van der Waals surface area contributed by atoms with Crippen LogP contribution in [0.15, 0.2) is 60.7 Å². The highest BCUT2D eigenvalue weighted by molar-refractivity contribution is 5.90. The van der Waals surface area contributed by atoms with Crippen LogP contribution in [0.3, 0.4) is 0 Å². The first-order valence-corrected chi connectivity index (χ1v) is 11.4. The maximum atomic E-state index is 13.1. The summed E-state index contributed by atoms with van der Waals surface area (Å²) in [6.45, 7) is 5.85. The molecule has 0 bridgehead atoms. The van der Waals surface area contributed by atoms with E-state index in [-0.39, 0.29) is 17.7 Å². The third-order valence-electron chi connectivity index (χ3n) is 5.35. The quantitative estimate of drug-likeness (QED) is 0.373. The van der Waals surface area contributed by atoms with Gasteiger partial charge in [-0.25, -0.2) is 0 Å². The molecule has 0 fully saturated rings. The Morgan fingerprint density at radius 1 is 0.818 bits per heavy atom. The highest BCUT2D eigenvalue weighted by atomic mass is 16.4. The lowest BCUT2D eigenvalue weighted by Gasteiger charge is -2.25. The van der Waals surface area contributed by atoms with Crippen molar-refractivity contribution in [3.63, 3.8) is 0 Å². The van der Waals surface area contributed by atoms with Crippen LogP contribution in [-0.4, -0.2) is 41.0 Å². The molecule has 7 nitrogen and oxygen atoms in total. The highest BCUT2D eigenvalue weighted by Gasteiger charge is 2.28. The van der Waals surface area contributed by atoms with Crippen molar-refractivity contribution in [1.29, 1.82) is 0 Å². The number of carboxylic acids is 1. The molecular formula is C26H35N3O4. The Balaban J connectivity index is 2.07. The average Bonchev–Trinajstić information content (AvgIpc) is 2.80. The van der Waals surface area contributed by atoms with E-state index < -0.39 is 24.1 Å². The molecule has 0 spiro atoms. The van der Waals surface area contributed by atoms with Gasteiger partial charge >= 0.3 is 5.97 Å². The lowest BCUT2D eigenvalue weighted by atomic mass is 10.0. The fourth-order valence-corrected chi connectivity index (χ4v) is 3.50. The van der Waals surface area contributed by atoms with Crippen LogP contribution in [0.2, 0.25) is 0 Å². The SMILES string of the molecule is CC(C)C[C@H](NC(=O)[C@H](CCc1ccccc1)N[C@H](C)C(=O)O)C(=O)NCc1ccccc1. The molecule has 2 aromatic carbocycles. The summed E-state index contributed by atoms with van der Waals surface area (Å²) >= 11 is 0. The van der Waals surface area contributed by atoms with Crippen LogP contribution in [-0.2, 0) is 27.3 Å². The minimum absolute atomic E-state index is 0.187. The standard InChI is InChI=1S/C26H35N3O4/c1-18(2)16-23(24(30)27-17-21-12-8-5-9-13-21)29-25(31)22(28-19(3)26(32)33)15-14-20-10-6-4-7-11-20/h4-13,18-19,22-23,28H,14-17H2,1-3H3,(H,27,30)(H,29,31)(H,32,33)/t19-,22+,23+/m1/s1. The first-order chi connectivity index (χ1) is 15.8. The van der Waals surface area contributed by atoms with Crippen LogP contribution >= 0.6 is 0 Å². The molecule has 0 aliphatic carbocycles. The zero-order chi connectivity index (χ0) is 24.2. The van der Waals surface area contributed by atoms with Crippen LogP contribution in [0, 0.1) is 5.92 Å². The molecule has 0 radical (unpaired) electrons. The predicted molar refractivity (Wildman–Crippen MR) is 128 cm³/mol. The van der Waals surface area contributed by atoms with Gasteiger partial charge in [-0.1, -0.05) is 74.5 Å². The molecule has 0 heterocycles. The third-order valence-corrected chi connectivity index (χ3v) is 5.35. The molecule has 0 aromatic heterocycles. The number of carboxylic acid groups (broad SMARTS) is 1. The van der Waals surface area contributed by atoms with Crippen LogP contribution < -0.4 is 16.0 Å². The molecule has 33 heavy (non-hydrogen) atoms. The van der Waals surface area contributed by atoms with E-state index in [4.69, 9.17) is 0 Å². The number of aliphatic carboxylic acids is 1. The van der Waals surface area contributed by atoms with Gasteiger partial charge in [0.15, 0.2) is 0 Å². The van der Waals surface area contributed by atoms with Crippen LogP contribution in [0.5, 0.6) is 0 Å². The summed E-state index contributed by atoms with van der Waals surface area (Å²) < 4.78 is 0. The van der Waals surface area contributed by atoms with Crippen LogP contribution in [0.25, 0.3) is 0 Å². The van der Waals surface area contributed by atoms with E-state index in [2.05, 4.69) is 16.0 Å². The average molecular weight is 454 g/mol. The van der Waals surface area contributed by atoms with Gasteiger partial charge in [-0.2, -0.15) is 0 Å². The van der Waals surface area contributed by atoms with Crippen molar-refractivity contribution < 1.29 is 19.5 Å². The van der Waals surface area contributed by atoms with E-state index >= 15 is 0 Å². The fraction of sp³-hybridized carbons (Fsp3) is 0.423. The molecular weight excluding hydrogens is 418 g/mol.